The van der Waals surface area contributed by atoms with Crippen LogP contribution in [-0.2, 0) is 4.57 Å². The molecule has 238 valence electrons. The van der Waals surface area contributed by atoms with Crippen LogP contribution in [0, 0.1) is 0 Å². The first-order valence-corrected chi connectivity index (χ1v) is 18.1. The van der Waals surface area contributed by atoms with Gasteiger partial charge in [0.15, 0.2) is 24.6 Å². The molecule has 6 heteroatoms. The van der Waals surface area contributed by atoms with Crippen LogP contribution in [-0.4, -0.2) is 19.9 Å². The second kappa shape index (κ2) is 13.7. The van der Waals surface area contributed by atoms with E-state index in [1.54, 1.807) is 0 Å². The van der Waals surface area contributed by atoms with Gasteiger partial charge in [0.25, 0.3) is 0 Å². The molecule has 0 spiro atoms. The molecule has 0 bridgehead atoms. The number of rotatable bonds is 8. The van der Waals surface area contributed by atoms with E-state index in [-0.39, 0.29) is 0 Å². The van der Waals surface area contributed by atoms with E-state index in [2.05, 4.69) is 6.07 Å². The number of hydrogen-bond donors (Lipinski definition) is 0. The fraction of sp³-hybridized carbons (Fsp3) is 0. The Labute approximate surface area is 291 Å². The van der Waals surface area contributed by atoms with E-state index in [0.29, 0.717) is 17.5 Å². The minimum atomic E-state index is -3.13. The minimum absolute atomic E-state index is 0.584. The summed E-state index contributed by atoms with van der Waals surface area (Å²) in [6.07, 6.45) is 0. The van der Waals surface area contributed by atoms with Crippen molar-refractivity contribution in [3.05, 3.63) is 188 Å². The maximum absolute atomic E-state index is 15.1. The van der Waals surface area contributed by atoms with Gasteiger partial charge in [0.2, 0.25) is 0 Å². The molecule has 0 amide bonds. The third kappa shape index (κ3) is 6.19. The maximum Gasteiger partial charge on any atom is 0.171 e. The summed E-state index contributed by atoms with van der Waals surface area (Å²) in [7, 11) is -3.13. The van der Waals surface area contributed by atoms with Gasteiger partial charge in [-0.25, -0.2) is 19.9 Å². The first-order chi connectivity index (χ1) is 24.6. The monoisotopic (exact) mass is 662 g/mol. The second-order valence-electron chi connectivity index (χ2n) is 11.9. The number of nitrogens with zero attached hydrogens (tertiary/aromatic N) is 4. The zero-order valence-electron chi connectivity index (χ0n) is 27.0. The largest absolute Gasteiger partial charge is 0.309 e. The standard InChI is InChI=1S/C44H31N4OP/c49-50(37-23-9-3-10-24-37,38-25-11-4-12-26-38)39-27-14-21-35(31-39)41-29-15-28-40(45-41)34-20-13-22-36(30-34)44-47-42(32-16-5-1-6-17-32)46-43(48-44)33-18-7-2-8-19-33/h1-31H. The smallest absolute Gasteiger partial charge is 0.171 e. The van der Waals surface area contributed by atoms with Gasteiger partial charge < -0.3 is 4.57 Å². The molecular weight excluding hydrogens is 631 g/mol. The fourth-order valence-corrected chi connectivity index (χ4v) is 8.79. The summed E-state index contributed by atoms with van der Waals surface area (Å²) in [4.78, 5) is 19.8. The van der Waals surface area contributed by atoms with Crippen molar-refractivity contribution in [2.24, 2.45) is 0 Å². The molecule has 0 saturated heterocycles. The van der Waals surface area contributed by atoms with Crippen LogP contribution in [0.25, 0.3) is 56.7 Å². The first-order valence-electron chi connectivity index (χ1n) is 16.4. The predicted octanol–water partition coefficient (Wildman–Crippen LogP) is 9.24. The van der Waals surface area contributed by atoms with Gasteiger partial charge in [-0.2, -0.15) is 0 Å². The summed E-state index contributed by atoms with van der Waals surface area (Å²) in [5.74, 6) is 1.81. The zero-order chi connectivity index (χ0) is 33.8. The highest BCUT2D eigenvalue weighted by molar-refractivity contribution is 7.85. The zero-order valence-corrected chi connectivity index (χ0v) is 27.9. The van der Waals surface area contributed by atoms with Gasteiger partial charge in [-0.1, -0.05) is 164 Å². The Kier molecular flexibility index (Phi) is 8.48. The summed E-state index contributed by atoms with van der Waals surface area (Å²) in [5.41, 5.74) is 6.13. The third-order valence-corrected chi connectivity index (χ3v) is 11.7. The van der Waals surface area contributed by atoms with Crippen LogP contribution in [0.3, 0.4) is 0 Å². The van der Waals surface area contributed by atoms with E-state index in [1.165, 1.54) is 0 Å². The summed E-state index contributed by atoms with van der Waals surface area (Å²) in [6.45, 7) is 0. The topological polar surface area (TPSA) is 68.6 Å². The van der Waals surface area contributed by atoms with Gasteiger partial charge in [-0.15, -0.1) is 0 Å². The molecular formula is C44H31N4OP. The van der Waals surface area contributed by atoms with Crippen LogP contribution in [0.15, 0.2) is 188 Å². The summed E-state index contributed by atoms with van der Waals surface area (Å²) >= 11 is 0. The molecule has 50 heavy (non-hydrogen) atoms. The predicted molar refractivity (Wildman–Crippen MR) is 204 cm³/mol. The van der Waals surface area contributed by atoms with Crippen LogP contribution >= 0.6 is 7.14 Å². The van der Waals surface area contributed by atoms with Crippen LogP contribution in [0.4, 0.5) is 0 Å². The molecule has 0 aliphatic carbocycles. The van der Waals surface area contributed by atoms with Crippen LogP contribution in [0.5, 0.6) is 0 Å². The Balaban J connectivity index is 1.18. The molecule has 0 atom stereocenters. The fourth-order valence-electron chi connectivity index (χ4n) is 6.10. The summed E-state index contributed by atoms with van der Waals surface area (Å²) < 4.78 is 15.1. The van der Waals surface area contributed by atoms with E-state index in [9.17, 15) is 0 Å². The van der Waals surface area contributed by atoms with Gasteiger partial charge in [0, 0.05) is 43.7 Å². The van der Waals surface area contributed by atoms with Gasteiger partial charge in [-0.3, -0.25) is 0 Å². The lowest BCUT2D eigenvalue weighted by atomic mass is 10.1. The molecule has 0 saturated carbocycles. The lowest BCUT2D eigenvalue weighted by molar-refractivity contribution is 0.592. The molecule has 2 aromatic heterocycles. The van der Waals surface area contributed by atoms with Crippen molar-refractivity contribution in [3.8, 4) is 56.7 Å². The van der Waals surface area contributed by atoms with E-state index in [0.717, 1.165) is 55.1 Å². The SMILES string of the molecule is O=P(c1ccccc1)(c1ccccc1)c1cccc(-c2cccc(-c3cccc(-c4nc(-c5ccccc5)nc(-c5ccccc5)n4)c3)n2)c1. The second-order valence-corrected chi connectivity index (χ2v) is 14.6. The average molecular weight is 663 g/mol. The van der Waals surface area contributed by atoms with E-state index < -0.39 is 7.14 Å². The van der Waals surface area contributed by atoms with Gasteiger partial charge in [0.1, 0.15) is 0 Å². The minimum Gasteiger partial charge on any atom is -0.309 e. The molecule has 8 aromatic rings. The van der Waals surface area contributed by atoms with Gasteiger partial charge in [0.05, 0.1) is 11.4 Å². The quantitative estimate of drug-likeness (QED) is 0.152. The lowest BCUT2D eigenvalue weighted by Gasteiger charge is -2.20. The Morgan fingerprint density at radius 2 is 0.660 bits per heavy atom. The Morgan fingerprint density at radius 1 is 0.300 bits per heavy atom. The maximum atomic E-state index is 15.1. The summed E-state index contributed by atoms with van der Waals surface area (Å²) in [6, 6.07) is 61.5. The van der Waals surface area contributed by atoms with Crippen LogP contribution < -0.4 is 15.9 Å². The van der Waals surface area contributed by atoms with E-state index in [1.807, 2.05) is 182 Å². The lowest BCUT2D eigenvalue weighted by Crippen LogP contribution is -2.25. The molecule has 0 radical (unpaired) electrons. The van der Waals surface area contributed by atoms with Crippen molar-refractivity contribution < 1.29 is 4.57 Å². The Morgan fingerprint density at radius 3 is 1.18 bits per heavy atom. The molecule has 0 aliphatic rings. The van der Waals surface area contributed by atoms with Crippen molar-refractivity contribution in [2.75, 3.05) is 0 Å². The summed E-state index contributed by atoms with van der Waals surface area (Å²) in [5, 5.41) is 2.36. The van der Waals surface area contributed by atoms with Crippen molar-refractivity contribution in [1.82, 2.24) is 19.9 Å². The van der Waals surface area contributed by atoms with Crippen LogP contribution in [0.2, 0.25) is 0 Å². The number of benzene rings is 6. The first kappa shape index (κ1) is 31.0. The highest BCUT2D eigenvalue weighted by Gasteiger charge is 2.29. The molecule has 0 fully saturated rings. The van der Waals surface area contributed by atoms with Crippen molar-refractivity contribution in [3.63, 3.8) is 0 Å². The molecule has 0 aliphatic heterocycles. The van der Waals surface area contributed by atoms with Crippen molar-refractivity contribution in [2.45, 2.75) is 0 Å². The molecule has 8 rings (SSSR count). The average Bonchev–Trinajstić information content (AvgIpc) is 3.22. The number of aromatic nitrogens is 4. The van der Waals surface area contributed by atoms with Crippen LogP contribution in [0.1, 0.15) is 0 Å². The van der Waals surface area contributed by atoms with Crippen molar-refractivity contribution >= 4 is 23.1 Å². The normalized spacial score (nSPS) is 11.3. The number of pyridine rings is 1. The molecule has 6 aromatic carbocycles. The highest BCUT2D eigenvalue weighted by Crippen LogP contribution is 2.43. The van der Waals surface area contributed by atoms with E-state index >= 15 is 4.57 Å². The molecule has 5 nitrogen and oxygen atoms in total. The van der Waals surface area contributed by atoms with Crippen molar-refractivity contribution in [1.29, 1.82) is 0 Å². The van der Waals surface area contributed by atoms with Gasteiger partial charge >= 0.3 is 0 Å². The Bertz CT molecular complexity index is 2350. The highest BCUT2D eigenvalue weighted by atomic mass is 31.2. The molecule has 0 N–H and O–H groups in total. The van der Waals surface area contributed by atoms with E-state index in [4.69, 9.17) is 19.9 Å². The Hall–Kier alpha value is -6.29. The molecule has 0 unspecified atom stereocenters. The number of hydrogen-bond acceptors (Lipinski definition) is 5. The van der Waals surface area contributed by atoms with Gasteiger partial charge in [-0.05, 0) is 24.3 Å². The third-order valence-electron chi connectivity index (χ3n) is 8.61. The molecule has 2 heterocycles.